The van der Waals surface area contributed by atoms with Gasteiger partial charge in [-0.25, -0.2) is 0 Å². The van der Waals surface area contributed by atoms with E-state index in [0.717, 1.165) is 0 Å². The van der Waals surface area contributed by atoms with E-state index >= 15 is 0 Å². The summed E-state index contributed by atoms with van der Waals surface area (Å²) in [5.41, 5.74) is 0. The van der Waals surface area contributed by atoms with Gasteiger partial charge in [-0.2, -0.15) is 4.68 Å². The van der Waals surface area contributed by atoms with Crippen LogP contribution in [-0.2, 0) is 7.05 Å². The molecule has 0 amide bonds. The number of hydrogen-bond donors (Lipinski definition) is 0. The molecule has 1 aromatic rings. The van der Waals surface area contributed by atoms with Crippen LogP contribution in [0.15, 0.2) is 10.7 Å². The Kier molecular flexibility index (Phi) is 1.54. The largest absolute Gasteiger partial charge is 0.362 e. The van der Waals surface area contributed by atoms with Gasteiger partial charge < -0.3 is 4.85 Å². The quantitative estimate of drug-likeness (QED) is 0.565. The van der Waals surface area contributed by atoms with Crippen molar-refractivity contribution >= 4 is 21.7 Å². The molecule has 1 rings (SSSR count). The fraction of sp³-hybridized carbons (Fsp3) is 0.200. The molecular formula is C5H4BrN3. The van der Waals surface area contributed by atoms with E-state index in [9.17, 15) is 0 Å². The van der Waals surface area contributed by atoms with Crippen LogP contribution in [0.25, 0.3) is 4.85 Å². The molecule has 0 aliphatic heterocycles. The molecule has 0 aliphatic rings. The van der Waals surface area contributed by atoms with Crippen molar-refractivity contribution in [3.8, 4) is 0 Å². The number of aryl methyl sites for hydroxylation is 1. The van der Waals surface area contributed by atoms with Gasteiger partial charge in [-0.3, -0.25) is 0 Å². The molecule has 9 heavy (non-hydrogen) atoms. The van der Waals surface area contributed by atoms with Crippen LogP contribution in [0.4, 0.5) is 5.82 Å². The lowest BCUT2D eigenvalue weighted by molar-refractivity contribution is 0.775. The lowest BCUT2D eigenvalue weighted by atomic mass is 10.6. The second-order valence-electron chi connectivity index (χ2n) is 1.56. The van der Waals surface area contributed by atoms with Gasteiger partial charge in [0, 0.05) is 0 Å². The first-order valence-corrected chi connectivity index (χ1v) is 3.10. The van der Waals surface area contributed by atoms with Gasteiger partial charge in [-0.15, -0.1) is 0 Å². The Hall–Kier alpha value is -0.820. The molecule has 0 N–H and O–H groups in total. The van der Waals surface area contributed by atoms with E-state index in [4.69, 9.17) is 6.57 Å². The second kappa shape index (κ2) is 2.19. The zero-order valence-corrected chi connectivity index (χ0v) is 6.38. The first kappa shape index (κ1) is 6.30. The number of nitrogens with zero attached hydrogens (tertiary/aromatic N) is 3. The smallest absolute Gasteiger partial charge is 0.253 e. The molecule has 0 aromatic carbocycles. The van der Waals surface area contributed by atoms with Gasteiger partial charge in [0.1, 0.15) is 4.60 Å². The van der Waals surface area contributed by atoms with Gasteiger partial charge in [-0.1, -0.05) is 11.7 Å². The van der Waals surface area contributed by atoms with E-state index in [2.05, 4.69) is 25.9 Å². The fourth-order valence-corrected chi connectivity index (χ4v) is 0.971. The van der Waals surface area contributed by atoms with Crippen LogP contribution in [0.3, 0.4) is 0 Å². The average Bonchev–Trinajstić information content (AvgIpc) is 2.10. The summed E-state index contributed by atoms with van der Waals surface area (Å²) in [6.07, 6.45) is 0. The topological polar surface area (TPSA) is 22.2 Å². The highest BCUT2D eigenvalue weighted by Gasteiger charge is 1.99. The first-order valence-electron chi connectivity index (χ1n) is 2.31. The van der Waals surface area contributed by atoms with Crippen LogP contribution >= 0.6 is 15.9 Å². The van der Waals surface area contributed by atoms with Gasteiger partial charge in [0.15, 0.2) is 0 Å². The van der Waals surface area contributed by atoms with Crippen molar-refractivity contribution < 1.29 is 0 Å². The Labute approximate surface area is 61.2 Å². The molecule has 0 aliphatic carbocycles. The SMILES string of the molecule is [C-]#[N+]c1cc(Br)nn1C. The van der Waals surface area contributed by atoms with E-state index in [0.29, 0.717) is 10.4 Å². The van der Waals surface area contributed by atoms with Gasteiger partial charge >= 0.3 is 0 Å². The Morgan fingerprint density at radius 3 is 2.78 bits per heavy atom. The average molecular weight is 186 g/mol. The molecule has 0 unspecified atom stereocenters. The summed E-state index contributed by atoms with van der Waals surface area (Å²) < 4.78 is 2.23. The van der Waals surface area contributed by atoms with E-state index in [1.165, 1.54) is 4.68 Å². The third kappa shape index (κ3) is 1.11. The maximum absolute atomic E-state index is 6.64. The molecule has 0 fully saturated rings. The molecule has 3 nitrogen and oxygen atoms in total. The molecule has 0 atom stereocenters. The monoisotopic (exact) mass is 185 g/mol. The van der Waals surface area contributed by atoms with Crippen molar-refractivity contribution in [3.63, 3.8) is 0 Å². The lowest BCUT2D eigenvalue weighted by Gasteiger charge is -1.83. The van der Waals surface area contributed by atoms with Crippen molar-refractivity contribution in [2.24, 2.45) is 7.05 Å². The molecule has 0 bridgehead atoms. The second-order valence-corrected chi connectivity index (χ2v) is 2.37. The maximum atomic E-state index is 6.64. The number of halogens is 1. The molecule has 0 saturated heterocycles. The molecule has 46 valence electrons. The normalized spacial score (nSPS) is 9.00. The molecule has 4 heteroatoms. The third-order valence-electron chi connectivity index (χ3n) is 0.940. The molecule has 0 radical (unpaired) electrons. The Morgan fingerprint density at radius 1 is 1.89 bits per heavy atom. The summed E-state index contributed by atoms with van der Waals surface area (Å²) in [4.78, 5) is 3.21. The van der Waals surface area contributed by atoms with Gasteiger partial charge in [0.05, 0.1) is 7.05 Å². The third-order valence-corrected chi connectivity index (χ3v) is 1.33. The van der Waals surface area contributed by atoms with Crippen molar-refractivity contribution in [3.05, 3.63) is 22.1 Å². The zero-order valence-electron chi connectivity index (χ0n) is 4.80. The molecule has 1 heterocycles. The number of aromatic nitrogens is 2. The predicted molar refractivity (Wildman–Crippen MR) is 37.2 cm³/mol. The van der Waals surface area contributed by atoms with Crippen LogP contribution in [0.1, 0.15) is 0 Å². The van der Waals surface area contributed by atoms with E-state index < -0.39 is 0 Å². The van der Waals surface area contributed by atoms with Gasteiger partial charge in [0.2, 0.25) is 0 Å². The van der Waals surface area contributed by atoms with Crippen LogP contribution in [-0.4, -0.2) is 9.78 Å². The van der Waals surface area contributed by atoms with Crippen LogP contribution < -0.4 is 0 Å². The van der Waals surface area contributed by atoms with Gasteiger partial charge in [0.25, 0.3) is 5.82 Å². The minimum Gasteiger partial charge on any atom is -0.362 e. The van der Waals surface area contributed by atoms with Crippen molar-refractivity contribution in [2.75, 3.05) is 0 Å². The first-order chi connectivity index (χ1) is 4.24. The van der Waals surface area contributed by atoms with Crippen LogP contribution in [0.5, 0.6) is 0 Å². The van der Waals surface area contributed by atoms with Gasteiger partial charge in [-0.05, 0) is 22.0 Å². The highest BCUT2D eigenvalue weighted by atomic mass is 79.9. The fourth-order valence-electron chi connectivity index (χ4n) is 0.528. The van der Waals surface area contributed by atoms with E-state index in [-0.39, 0.29) is 0 Å². The molecular weight excluding hydrogens is 182 g/mol. The van der Waals surface area contributed by atoms with Crippen molar-refractivity contribution in [1.29, 1.82) is 0 Å². The number of rotatable bonds is 0. The van der Waals surface area contributed by atoms with E-state index in [1.54, 1.807) is 13.1 Å². The zero-order chi connectivity index (χ0) is 6.85. The molecule has 0 saturated carbocycles. The van der Waals surface area contributed by atoms with Crippen molar-refractivity contribution in [2.45, 2.75) is 0 Å². The highest BCUT2D eigenvalue weighted by molar-refractivity contribution is 9.10. The maximum Gasteiger partial charge on any atom is 0.253 e. The van der Waals surface area contributed by atoms with Crippen molar-refractivity contribution in [1.82, 2.24) is 9.78 Å². The summed E-state index contributed by atoms with van der Waals surface area (Å²) >= 11 is 3.15. The predicted octanol–water partition coefficient (Wildman–Crippen LogP) is 1.73. The Balaban J connectivity index is 3.20. The summed E-state index contributed by atoms with van der Waals surface area (Å²) in [6, 6.07) is 1.67. The minimum atomic E-state index is 0.543. The molecule has 0 spiro atoms. The summed E-state index contributed by atoms with van der Waals surface area (Å²) in [6.45, 7) is 6.64. The highest BCUT2D eigenvalue weighted by Crippen LogP contribution is 2.15. The number of hydrogen-bond acceptors (Lipinski definition) is 1. The minimum absolute atomic E-state index is 0.543. The summed E-state index contributed by atoms with van der Waals surface area (Å²) in [7, 11) is 1.73. The molecule has 1 aromatic heterocycles. The Morgan fingerprint density at radius 2 is 2.56 bits per heavy atom. The summed E-state index contributed by atoms with van der Waals surface area (Å²) in [5.74, 6) is 0.543. The summed E-state index contributed by atoms with van der Waals surface area (Å²) in [5, 5.41) is 3.90. The van der Waals surface area contributed by atoms with E-state index in [1.807, 2.05) is 0 Å². The standard InChI is InChI=1S/C5H4BrN3/c1-7-5-3-4(6)8-9(5)2/h3H,2H3. The Bertz CT molecular complexity index is 258. The van der Waals surface area contributed by atoms with Crippen LogP contribution in [0, 0.1) is 6.57 Å². The van der Waals surface area contributed by atoms with Crippen LogP contribution in [0.2, 0.25) is 0 Å². The lowest BCUT2D eigenvalue weighted by Crippen LogP contribution is -1.86.